The van der Waals surface area contributed by atoms with Crippen LogP contribution in [0.25, 0.3) is 0 Å². The van der Waals surface area contributed by atoms with Crippen LogP contribution in [0.2, 0.25) is 0 Å². The molecule has 1 N–H and O–H groups in total. The third kappa shape index (κ3) is 2.63. The molecule has 1 aromatic heterocycles. The Morgan fingerprint density at radius 2 is 2.10 bits per heavy atom. The molecule has 1 aliphatic rings. The van der Waals surface area contributed by atoms with Crippen LogP contribution >= 0.6 is 0 Å². The van der Waals surface area contributed by atoms with Gasteiger partial charge in [0.2, 0.25) is 0 Å². The Morgan fingerprint density at radius 1 is 1.33 bits per heavy atom. The Morgan fingerprint density at radius 3 is 2.76 bits per heavy atom. The first-order valence-electron chi connectivity index (χ1n) is 7.00. The molecule has 0 saturated heterocycles. The van der Waals surface area contributed by atoms with E-state index in [0.29, 0.717) is 6.04 Å². The molecule has 0 spiro atoms. The maximum atomic E-state index is 13.9. The summed E-state index contributed by atoms with van der Waals surface area (Å²) in [5.41, 5.74) is 0.123. The Balaban J connectivity index is 1.87. The van der Waals surface area contributed by atoms with Gasteiger partial charge in [0, 0.05) is 30.5 Å². The van der Waals surface area contributed by atoms with Crippen LogP contribution in [0.1, 0.15) is 30.5 Å². The van der Waals surface area contributed by atoms with E-state index in [9.17, 15) is 13.6 Å². The fourth-order valence-corrected chi connectivity index (χ4v) is 2.53. The van der Waals surface area contributed by atoms with Crippen molar-refractivity contribution in [2.75, 3.05) is 7.05 Å². The van der Waals surface area contributed by atoms with E-state index in [1.807, 2.05) is 0 Å². The van der Waals surface area contributed by atoms with Gasteiger partial charge < -0.3 is 5.32 Å². The number of hydrogen-bond acceptors (Lipinski definition) is 2. The van der Waals surface area contributed by atoms with Crippen molar-refractivity contribution in [2.24, 2.45) is 0 Å². The second-order valence-electron chi connectivity index (χ2n) is 5.36. The number of hydrogen-bond donors (Lipinski definition) is 1. The number of halogens is 2. The number of likely N-dealkylation sites (N-methyl/N-ethyl adjacent to an activating group) is 1. The Bertz CT molecular complexity index is 703. The lowest BCUT2D eigenvalue weighted by Gasteiger charge is -2.17. The maximum absolute atomic E-state index is 13.9. The van der Waals surface area contributed by atoms with Gasteiger partial charge in [0.05, 0.1) is 6.04 Å². The summed E-state index contributed by atoms with van der Waals surface area (Å²) in [6.45, 7) is 0.259. The highest BCUT2D eigenvalue weighted by atomic mass is 19.2. The Kier molecular flexibility index (Phi) is 3.63. The summed E-state index contributed by atoms with van der Waals surface area (Å²) >= 11 is 0. The van der Waals surface area contributed by atoms with Crippen LogP contribution < -0.4 is 11.0 Å². The standard InChI is InChI=1S/C15H17F2N3O/c1-18-13(11-3-2-4-12(16)14(11)17)9-19-7-8-20(15(19)21)10-5-6-10/h2-4,7-8,10,13,18H,5-6,9H2,1H3. The van der Waals surface area contributed by atoms with Crippen LogP contribution in [0.15, 0.2) is 35.4 Å². The number of nitrogens with one attached hydrogen (secondary N) is 1. The van der Waals surface area contributed by atoms with Crippen molar-refractivity contribution >= 4 is 0 Å². The average molecular weight is 293 g/mol. The van der Waals surface area contributed by atoms with Crippen molar-refractivity contribution in [3.63, 3.8) is 0 Å². The summed E-state index contributed by atoms with van der Waals surface area (Å²) in [6.07, 6.45) is 5.51. The Labute approximate surface area is 121 Å². The number of aromatic nitrogens is 2. The van der Waals surface area contributed by atoms with Crippen LogP contribution in [-0.2, 0) is 6.54 Å². The molecule has 2 aromatic rings. The minimum absolute atomic E-state index is 0.102. The predicted octanol–water partition coefficient (Wildman–Crippen LogP) is 2.22. The molecule has 1 saturated carbocycles. The van der Waals surface area contributed by atoms with Crippen molar-refractivity contribution in [1.29, 1.82) is 0 Å². The van der Waals surface area contributed by atoms with Crippen molar-refractivity contribution < 1.29 is 8.78 Å². The molecule has 1 aliphatic carbocycles. The van der Waals surface area contributed by atoms with Crippen molar-refractivity contribution in [3.05, 3.63) is 58.3 Å². The molecular weight excluding hydrogens is 276 g/mol. The van der Waals surface area contributed by atoms with E-state index in [1.54, 1.807) is 24.0 Å². The highest BCUT2D eigenvalue weighted by molar-refractivity contribution is 5.22. The van der Waals surface area contributed by atoms with E-state index >= 15 is 0 Å². The van der Waals surface area contributed by atoms with Crippen molar-refractivity contribution in [2.45, 2.75) is 31.5 Å². The van der Waals surface area contributed by atoms with E-state index in [1.165, 1.54) is 16.7 Å². The van der Waals surface area contributed by atoms with Gasteiger partial charge in [-0.3, -0.25) is 9.13 Å². The second kappa shape index (κ2) is 5.44. The number of rotatable bonds is 5. The summed E-state index contributed by atoms with van der Waals surface area (Å²) in [7, 11) is 1.66. The molecule has 112 valence electrons. The van der Waals surface area contributed by atoms with E-state index in [-0.39, 0.29) is 17.8 Å². The van der Waals surface area contributed by atoms with Gasteiger partial charge in [-0.1, -0.05) is 12.1 Å². The Hall–Kier alpha value is -1.95. The topological polar surface area (TPSA) is 39.0 Å². The number of benzene rings is 1. The zero-order valence-electron chi connectivity index (χ0n) is 11.7. The van der Waals surface area contributed by atoms with Gasteiger partial charge in [-0.2, -0.15) is 0 Å². The molecule has 1 heterocycles. The highest BCUT2D eigenvalue weighted by Gasteiger charge is 2.26. The van der Waals surface area contributed by atoms with Crippen molar-refractivity contribution in [1.82, 2.24) is 14.5 Å². The number of nitrogens with zero attached hydrogens (tertiary/aromatic N) is 2. The molecule has 1 aromatic carbocycles. The molecule has 6 heteroatoms. The largest absolute Gasteiger partial charge is 0.328 e. The van der Waals surface area contributed by atoms with Gasteiger partial charge in [-0.25, -0.2) is 13.6 Å². The molecule has 4 nitrogen and oxygen atoms in total. The van der Waals surface area contributed by atoms with Crippen LogP contribution in [0.5, 0.6) is 0 Å². The molecule has 21 heavy (non-hydrogen) atoms. The zero-order chi connectivity index (χ0) is 15.0. The van der Waals surface area contributed by atoms with Gasteiger partial charge in [0.25, 0.3) is 0 Å². The first-order chi connectivity index (χ1) is 10.1. The van der Waals surface area contributed by atoms with Crippen LogP contribution in [0, 0.1) is 11.6 Å². The predicted molar refractivity (Wildman–Crippen MR) is 75.1 cm³/mol. The maximum Gasteiger partial charge on any atom is 0.328 e. The summed E-state index contributed by atoms with van der Waals surface area (Å²) in [6, 6.07) is 3.92. The smallest absolute Gasteiger partial charge is 0.311 e. The monoisotopic (exact) mass is 293 g/mol. The minimum atomic E-state index is -0.879. The second-order valence-corrected chi connectivity index (χ2v) is 5.36. The molecule has 0 bridgehead atoms. The summed E-state index contributed by atoms with van der Waals surface area (Å²) in [5.74, 6) is -1.75. The molecule has 0 radical (unpaired) electrons. The van der Waals surface area contributed by atoms with E-state index < -0.39 is 17.7 Å². The molecular formula is C15H17F2N3O. The number of imidazole rings is 1. The molecule has 1 unspecified atom stereocenters. The van der Waals surface area contributed by atoms with Crippen LogP contribution in [0.3, 0.4) is 0 Å². The van der Waals surface area contributed by atoms with Crippen LogP contribution in [-0.4, -0.2) is 16.2 Å². The van der Waals surface area contributed by atoms with Gasteiger partial charge in [0.15, 0.2) is 11.6 Å². The lowest BCUT2D eigenvalue weighted by Crippen LogP contribution is -2.30. The average Bonchev–Trinajstić information content (AvgIpc) is 3.25. The fourth-order valence-electron chi connectivity index (χ4n) is 2.53. The minimum Gasteiger partial charge on any atom is -0.311 e. The molecule has 0 aliphatic heterocycles. The molecule has 3 rings (SSSR count). The zero-order valence-corrected chi connectivity index (χ0v) is 11.7. The third-order valence-electron chi connectivity index (χ3n) is 3.90. The van der Waals surface area contributed by atoms with Gasteiger partial charge in [-0.05, 0) is 26.0 Å². The first kappa shape index (κ1) is 14.0. The first-order valence-corrected chi connectivity index (χ1v) is 7.00. The summed E-state index contributed by atoms with van der Waals surface area (Å²) in [5, 5.41) is 2.94. The van der Waals surface area contributed by atoms with E-state index in [4.69, 9.17) is 0 Å². The third-order valence-corrected chi connectivity index (χ3v) is 3.90. The van der Waals surface area contributed by atoms with Gasteiger partial charge in [-0.15, -0.1) is 0 Å². The quantitative estimate of drug-likeness (QED) is 0.918. The SMILES string of the molecule is CNC(Cn1ccn(C2CC2)c1=O)c1cccc(F)c1F. The molecule has 1 fully saturated rings. The summed E-state index contributed by atoms with van der Waals surface area (Å²) in [4.78, 5) is 12.2. The summed E-state index contributed by atoms with van der Waals surface area (Å²) < 4.78 is 30.4. The lowest BCUT2D eigenvalue weighted by atomic mass is 10.1. The van der Waals surface area contributed by atoms with Gasteiger partial charge >= 0.3 is 5.69 Å². The highest BCUT2D eigenvalue weighted by Crippen LogP contribution is 2.33. The van der Waals surface area contributed by atoms with Gasteiger partial charge in [0.1, 0.15) is 0 Å². The normalized spacial score (nSPS) is 16.1. The lowest BCUT2D eigenvalue weighted by molar-refractivity contribution is 0.440. The van der Waals surface area contributed by atoms with E-state index in [0.717, 1.165) is 18.9 Å². The van der Waals surface area contributed by atoms with E-state index in [2.05, 4.69) is 5.32 Å². The van der Waals surface area contributed by atoms with Crippen LogP contribution in [0.4, 0.5) is 8.78 Å². The fraction of sp³-hybridized carbons (Fsp3) is 0.400. The van der Waals surface area contributed by atoms with Crippen molar-refractivity contribution in [3.8, 4) is 0 Å². The molecule has 1 atom stereocenters. The molecule has 0 amide bonds.